The van der Waals surface area contributed by atoms with Crippen molar-refractivity contribution in [1.82, 2.24) is 0 Å². The van der Waals surface area contributed by atoms with Crippen LogP contribution in [0.5, 0.6) is 0 Å². The molecule has 0 bridgehead atoms. The Bertz CT molecular complexity index is 427. The van der Waals surface area contributed by atoms with Gasteiger partial charge >= 0.3 is 5.97 Å². The summed E-state index contributed by atoms with van der Waals surface area (Å²) < 4.78 is 14.3. The fourth-order valence-corrected chi connectivity index (χ4v) is 2.43. The first-order valence-electron chi connectivity index (χ1n) is 5.21. The molecule has 0 radical (unpaired) electrons. The summed E-state index contributed by atoms with van der Waals surface area (Å²) in [6.45, 7) is 0. The molecular weight excluding hydrogens is 275 g/mol. The molecule has 0 unspecified atom stereocenters. The van der Waals surface area contributed by atoms with Gasteiger partial charge in [-0.2, -0.15) is 0 Å². The highest BCUT2D eigenvalue weighted by molar-refractivity contribution is 9.10. The lowest BCUT2D eigenvalue weighted by molar-refractivity contribution is -0.154. The van der Waals surface area contributed by atoms with Crippen LogP contribution in [0.1, 0.15) is 24.8 Å². The molecule has 1 aromatic carbocycles. The van der Waals surface area contributed by atoms with Crippen LogP contribution in [0, 0.1) is 11.2 Å². The molecule has 0 aromatic heterocycles. The fourth-order valence-electron chi connectivity index (χ4n) is 2.10. The van der Waals surface area contributed by atoms with E-state index in [-0.39, 0.29) is 5.82 Å². The topological polar surface area (TPSA) is 37.3 Å². The van der Waals surface area contributed by atoms with Gasteiger partial charge in [0.05, 0.1) is 5.41 Å². The van der Waals surface area contributed by atoms with Crippen molar-refractivity contribution >= 4 is 21.9 Å². The molecule has 1 aliphatic rings. The number of carboxylic acid groups (broad SMARTS) is 1. The largest absolute Gasteiger partial charge is 0.481 e. The average Bonchev–Trinajstić information content (AvgIpc) is 2.13. The summed E-state index contributed by atoms with van der Waals surface area (Å²) in [4.78, 5) is 11.2. The van der Waals surface area contributed by atoms with Crippen molar-refractivity contribution in [2.24, 2.45) is 5.41 Å². The maximum Gasteiger partial charge on any atom is 0.309 e. The number of carboxylic acids is 1. The Kier molecular flexibility index (Phi) is 3.02. The van der Waals surface area contributed by atoms with E-state index in [1.165, 1.54) is 6.07 Å². The lowest BCUT2D eigenvalue weighted by Crippen LogP contribution is -2.40. The second-order valence-corrected chi connectivity index (χ2v) is 5.27. The molecule has 1 N–H and O–H groups in total. The van der Waals surface area contributed by atoms with E-state index in [2.05, 4.69) is 15.9 Å². The van der Waals surface area contributed by atoms with Gasteiger partial charge in [-0.15, -0.1) is 0 Å². The smallest absolute Gasteiger partial charge is 0.309 e. The van der Waals surface area contributed by atoms with Crippen LogP contribution >= 0.6 is 15.9 Å². The van der Waals surface area contributed by atoms with Gasteiger partial charge in [-0.25, -0.2) is 4.39 Å². The van der Waals surface area contributed by atoms with Gasteiger partial charge in [-0.1, -0.05) is 28.4 Å². The van der Waals surface area contributed by atoms with Gasteiger partial charge in [0.25, 0.3) is 0 Å². The molecule has 0 heterocycles. The van der Waals surface area contributed by atoms with Crippen LogP contribution in [0.4, 0.5) is 4.39 Å². The van der Waals surface area contributed by atoms with Crippen molar-refractivity contribution < 1.29 is 14.3 Å². The zero-order valence-corrected chi connectivity index (χ0v) is 10.3. The Morgan fingerprint density at radius 2 is 2.19 bits per heavy atom. The summed E-state index contributed by atoms with van der Waals surface area (Å²) in [6.07, 6.45) is 2.52. The standard InChI is InChI=1S/C12H12BrFO2/c13-9-3-2-8(10(14)6-9)7-12(11(15)16)4-1-5-12/h2-3,6H,1,4-5,7H2,(H,15,16). The Labute approximate surface area is 102 Å². The third-order valence-electron chi connectivity index (χ3n) is 3.31. The Morgan fingerprint density at radius 3 is 2.62 bits per heavy atom. The molecule has 1 aromatic rings. The molecule has 0 amide bonds. The van der Waals surface area contributed by atoms with Gasteiger partial charge in [-0.05, 0) is 37.0 Å². The van der Waals surface area contributed by atoms with Gasteiger partial charge in [0.15, 0.2) is 0 Å². The molecule has 0 aliphatic heterocycles. The van der Waals surface area contributed by atoms with Gasteiger partial charge in [0, 0.05) is 4.47 Å². The molecule has 16 heavy (non-hydrogen) atoms. The normalized spacial score (nSPS) is 17.9. The van der Waals surface area contributed by atoms with Gasteiger partial charge in [0.1, 0.15) is 5.82 Å². The van der Waals surface area contributed by atoms with Crippen molar-refractivity contribution in [3.8, 4) is 0 Å². The van der Waals surface area contributed by atoms with Crippen LogP contribution in [0.2, 0.25) is 0 Å². The number of halogens is 2. The minimum atomic E-state index is -0.805. The third kappa shape index (κ3) is 1.98. The van der Waals surface area contributed by atoms with Crippen LogP contribution in [0.15, 0.2) is 22.7 Å². The molecule has 0 saturated heterocycles. The lowest BCUT2D eigenvalue weighted by atomic mass is 9.65. The van der Waals surface area contributed by atoms with E-state index in [9.17, 15) is 9.18 Å². The highest BCUT2D eigenvalue weighted by Crippen LogP contribution is 2.44. The Morgan fingerprint density at radius 1 is 1.50 bits per heavy atom. The minimum absolute atomic E-state index is 0.293. The number of hydrogen-bond acceptors (Lipinski definition) is 1. The van der Waals surface area contributed by atoms with Crippen LogP contribution < -0.4 is 0 Å². The summed E-state index contributed by atoms with van der Waals surface area (Å²) in [5, 5.41) is 9.16. The second-order valence-electron chi connectivity index (χ2n) is 4.35. The summed E-state index contributed by atoms with van der Waals surface area (Å²) in [6, 6.07) is 4.78. The van der Waals surface area contributed by atoms with E-state index >= 15 is 0 Å². The number of carbonyl (C=O) groups is 1. The first-order valence-corrected chi connectivity index (χ1v) is 6.00. The monoisotopic (exact) mass is 286 g/mol. The number of benzene rings is 1. The van der Waals surface area contributed by atoms with E-state index < -0.39 is 11.4 Å². The molecular formula is C12H12BrFO2. The quantitative estimate of drug-likeness (QED) is 0.925. The predicted molar refractivity (Wildman–Crippen MR) is 61.7 cm³/mol. The maximum absolute atomic E-state index is 13.6. The highest BCUT2D eigenvalue weighted by atomic mass is 79.9. The van der Waals surface area contributed by atoms with Crippen LogP contribution in [0.25, 0.3) is 0 Å². The van der Waals surface area contributed by atoms with E-state index in [0.29, 0.717) is 29.3 Å². The number of aliphatic carboxylic acids is 1. The fraction of sp³-hybridized carbons (Fsp3) is 0.417. The molecule has 1 saturated carbocycles. The molecule has 0 spiro atoms. The molecule has 86 valence electrons. The minimum Gasteiger partial charge on any atom is -0.481 e. The average molecular weight is 287 g/mol. The second kappa shape index (κ2) is 4.17. The van der Waals surface area contributed by atoms with Crippen molar-refractivity contribution in [3.63, 3.8) is 0 Å². The molecule has 1 aliphatic carbocycles. The van der Waals surface area contributed by atoms with Gasteiger partial charge < -0.3 is 5.11 Å². The van der Waals surface area contributed by atoms with Crippen LogP contribution in [0.3, 0.4) is 0 Å². The first kappa shape index (κ1) is 11.6. The van der Waals surface area contributed by atoms with Crippen molar-refractivity contribution in [2.75, 3.05) is 0 Å². The molecule has 0 atom stereocenters. The lowest BCUT2D eigenvalue weighted by Gasteiger charge is -2.37. The van der Waals surface area contributed by atoms with E-state index in [1.807, 2.05) is 0 Å². The maximum atomic E-state index is 13.6. The summed E-state index contributed by atoms with van der Waals surface area (Å²) >= 11 is 3.18. The van der Waals surface area contributed by atoms with Crippen LogP contribution in [-0.4, -0.2) is 11.1 Å². The summed E-state index contributed by atoms with van der Waals surface area (Å²) in [5.41, 5.74) is -0.236. The van der Waals surface area contributed by atoms with E-state index in [4.69, 9.17) is 5.11 Å². The van der Waals surface area contributed by atoms with E-state index in [0.717, 1.165) is 6.42 Å². The predicted octanol–water partition coefficient (Wildman–Crippen LogP) is 3.39. The number of rotatable bonds is 3. The highest BCUT2D eigenvalue weighted by Gasteiger charge is 2.44. The summed E-state index contributed by atoms with van der Waals surface area (Å²) in [5.74, 6) is -1.14. The van der Waals surface area contributed by atoms with Gasteiger partial charge in [0.2, 0.25) is 0 Å². The van der Waals surface area contributed by atoms with Crippen molar-refractivity contribution in [3.05, 3.63) is 34.1 Å². The van der Waals surface area contributed by atoms with Crippen molar-refractivity contribution in [2.45, 2.75) is 25.7 Å². The molecule has 1 fully saturated rings. The zero-order valence-electron chi connectivity index (χ0n) is 8.67. The molecule has 2 nitrogen and oxygen atoms in total. The van der Waals surface area contributed by atoms with Gasteiger partial charge in [-0.3, -0.25) is 4.79 Å². The third-order valence-corrected chi connectivity index (χ3v) is 3.80. The first-order chi connectivity index (χ1) is 7.53. The SMILES string of the molecule is O=C(O)C1(Cc2ccc(Br)cc2F)CCC1. The molecule has 4 heteroatoms. The molecule has 2 rings (SSSR count). The Hall–Kier alpha value is -0.900. The Balaban J connectivity index is 2.23. The van der Waals surface area contributed by atoms with E-state index in [1.54, 1.807) is 12.1 Å². The zero-order chi connectivity index (χ0) is 11.8. The van der Waals surface area contributed by atoms with Crippen LogP contribution in [-0.2, 0) is 11.2 Å². The summed E-state index contributed by atoms with van der Waals surface area (Å²) in [7, 11) is 0. The van der Waals surface area contributed by atoms with Crippen molar-refractivity contribution in [1.29, 1.82) is 0 Å². The number of hydrogen-bond donors (Lipinski definition) is 1.